The number of nitrogens with zero attached hydrogens (tertiary/aromatic N) is 7. The SMILES string of the molecule is C.CC(C)(C)OC(=O)N1CCN(c2ccc3cc(C(=O)O)ncc3c2C2CC2)CC1.CC(C)(C)OC(=O)Nc1ccc(-c2cccs2)cc1CC(=O)c1cc2ccc(N3CCCCC3)c(C3CC3)c2cn1.CC(C)(C)OC(=O)Nc1ccc(-c2cccs2)cc1N.Nc1ccc(-c2cccs2)cc1CC(=O)c1cc2ccc(N3CCNCC3)c(C3CC3)c2cn1. The third-order valence-electron chi connectivity index (χ3n) is 22.6. The van der Waals surface area contributed by atoms with Gasteiger partial charge in [0, 0.05) is 156 Å². The van der Waals surface area contributed by atoms with Crippen LogP contribution >= 0.6 is 34.0 Å². The molecule has 3 saturated carbocycles. The summed E-state index contributed by atoms with van der Waals surface area (Å²) in [4.78, 5) is 101. The Hall–Kier alpha value is -11.8. The molecule has 0 unspecified atom stereocenters. The number of Topliss-reactive ketones (excluding diaryl/α,β-unsaturated/α-hetero) is 2. The van der Waals surface area contributed by atoms with E-state index < -0.39 is 35.0 Å². The van der Waals surface area contributed by atoms with Crippen LogP contribution in [-0.4, -0.2) is 143 Å². The van der Waals surface area contributed by atoms with E-state index in [1.54, 1.807) is 57.2 Å². The van der Waals surface area contributed by atoms with Crippen molar-refractivity contribution in [3.63, 3.8) is 0 Å². The molecular weight excluding hydrogens is 1630 g/mol. The average Bonchev–Trinajstić information content (AvgIpc) is 1.70. The van der Waals surface area contributed by atoms with Crippen molar-refractivity contribution in [2.45, 2.75) is 175 Å². The Morgan fingerprint density at radius 3 is 1.26 bits per heavy atom. The lowest BCUT2D eigenvalue weighted by Gasteiger charge is -2.37. The molecule has 3 aliphatic heterocycles. The van der Waals surface area contributed by atoms with E-state index in [9.17, 15) is 33.9 Å². The Bertz CT molecular complexity index is 5890. The molecular formula is C100H114N12O10S3. The van der Waals surface area contributed by atoms with Crippen LogP contribution < -0.4 is 42.1 Å². The summed E-state index contributed by atoms with van der Waals surface area (Å²) in [6, 6.07) is 47.9. The fourth-order valence-corrected chi connectivity index (χ4v) is 18.5. The Kier molecular flexibility index (Phi) is 27.8. The van der Waals surface area contributed by atoms with Gasteiger partial charge in [0.2, 0.25) is 0 Å². The summed E-state index contributed by atoms with van der Waals surface area (Å²) in [7, 11) is 0. The number of carbonyl (C=O) groups is 6. The molecule has 8 N–H and O–H groups in total. The van der Waals surface area contributed by atoms with Gasteiger partial charge in [-0.05, 0) is 306 Å². The molecule has 6 aromatic heterocycles. The number of fused-ring (bicyclic) bond motifs is 3. The number of hydrogen-bond donors (Lipinski definition) is 6. The maximum Gasteiger partial charge on any atom is 0.412 e. The minimum Gasteiger partial charge on any atom is -0.477 e. The van der Waals surface area contributed by atoms with Crippen molar-refractivity contribution in [2.24, 2.45) is 0 Å². The van der Waals surface area contributed by atoms with E-state index in [1.807, 2.05) is 183 Å². The van der Waals surface area contributed by atoms with Crippen LogP contribution in [0.25, 0.3) is 63.6 Å². The second-order valence-electron chi connectivity index (χ2n) is 35.7. The van der Waals surface area contributed by atoms with Gasteiger partial charge in [-0.3, -0.25) is 30.2 Å². The maximum atomic E-state index is 13.7. The fourth-order valence-electron chi connectivity index (χ4n) is 16.3. The van der Waals surface area contributed by atoms with Gasteiger partial charge in [-0.15, -0.1) is 34.0 Å². The summed E-state index contributed by atoms with van der Waals surface area (Å²) in [5.74, 6) is 0.584. The number of hydrogen-bond acceptors (Lipinski definition) is 21. The summed E-state index contributed by atoms with van der Waals surface area (Å²) in [5.41, 5.74) is 26.5. The quantitative estimate of drug-likeness (QED) is 0.0264. The van der Waals surface area contributed by atoms with Crippen molar-refractivity contribution in [2.75, 3.05) is 102 Å². The number of anilines is 7. The molecule has 9 heterocycles. The predicted octanol–water partition coefficient (Wildman–Crippen LogP) is 22.7. The zero-order valence-electron chi connectivity index (χ0n) is 72.0. The number of pyridine rings is 3. The van der Waals surface area contributed by atoms with Crippen molar-refractivity contribution >= 4 is 142 Å². The highest BCUT2D eigenvalue weighted by Gasteiger charge is 2.36. The molecule has 22 nitrogen and oxygen atoms in total. The highest BCUT2D eigenvalue weighted by Crippen LogP contribution is 2.51. The molecule has 3 saturated heterocycles. The van der Waals surface area contributed by atoms with Crippen molar-refractivity contribution in [1.29, 1.82) is 0 Å². The highest BCUT2D eigenvalue weighted by molar-refractivity contribution is 7.14. The van der Waals surface area contributed by atoms with Crippen molar-refractivity contribution < 1.29 is 48.1 Å². The molecule has 18 rings (SSSR count). The molecule has 3 amide bonds. The van der Waals surface area contributed by atoms with Gasteiger partial charge in [-0.1, -0.05) is 62.0 Å². The number of amides is 3. The molecule has 6 aromatic carbocycles. The van der Waals surface area contributed by atoms with Crippen molar-refractivity contribution in [3.05, 3.63) is 225 Å². The molecule has 0 radical (unpaired) electrons. The largest absolute Gasteiger partial charge is 0.477 e. The van der Waals surface area contributed by atoms with Gasteiger partial charge in [-0.2, -0.15) is 0 Å². The van der Waals surface area contributed by atoms with Gasteiger partial charge in [0.05, 0.1) is 11.4 Å². The molecule has 0 bridgehead atoms. The van der Waals surface area contributed by atoms with Crippen LogP contribution in [0.15, 0.2) is 180 Å². The van der Waals surface area contributed by atoms with Gasteiger partial charge < -0.3 is 55.7 Å². The first kappa shape index (κ1) is 89.5. The molecule has 25 heteroatoms. The van der Waals surface area contributed by atoms with E-state index in [0.717, 1.165) is 124 Å². The number of piperazine rings is 2. The lowest BCUT2D eigenvalue weighted by Crippen LogP contribution is -2.50. The number of thiophene rings is 3. The first-order valence-corrected chi connectivity index (χ1v) is 45.7. The normalized spacial score (nSPS) is 15.4. The maximum absolute atomic E-state index is 13.7. The Balaban J connectivity index is 0.000000139. The van der Waals surface area contributed by atoms with E-state index in [2.05, 4.69) is 82.4 Å². The topological polar surface area (TPSA) is 290 Å². The standard InChI is InChI=1S/C34H37N3O3S.C28H28N4OS.C22H27N3O4.C15H18N2O2S.CH4/c1-34(2,3)40-33(39)36-27-13-11-24(31-8-7-17-41-31)18-25(27)20-30(38)28-19-23-12-14-29(37-15-5-4-6-16-37)32(22-9-10-22)26(23)21-35-28;29-23-7-5-20(27-2-1-13-34-27)14-21(23)16-26(33)24-15-19-6-8-25(32-11-9-30-10-12-32)28(18-3-4-18)22(19)17-31-24;1-22(2,3)29-21(28)25-10-8-24(9-11-25)18-7-6-15-12-17(20(26)27)23-13-16(15)19(18)14-4-5-14;1-15(2,3)19-14(18)17-12-7-6-10(9-11(12)16)13-5-4-8-20-13;/h7-8,11-14,17-19,21-22H,4-6,9-10,15-16,20H2,1-3H3,(H,36,39);1-2,5-8,13-15,17-18,30H,3-4,9-12,16,29H2;6-7,12-14H,4-5,8-11H2,1-3H3,(H,26,27);4-9H,16H2,1-3H3,(H,17,18);1H4. The zero-order chi connectivity index (χ0) is 87.1. The minimum absolute atomic E-state index is 0. The molecule has 0 atom stereocenters. The molecule has 0 spiro atoms. The first-order chi connectivity index (χ1) is 59.5. The number of carboxylic acid groups (broad SMARTS) is 1. The number of ketones is 2. The minimum atomic E-state index is -1.01. The van der Waals surface area contributed by atoms with Crippen LogP contribution in [0.3, 0.4) is 0 Å². The lowest BCUT2D eigenvalue weighted by molar-refractivity contribution is 0.0239. The smallest absolute Gasteiger partial charge is 0.412 e. The number of nitrogens with two attached hydrogens (primary N) is 2. The summed E-state index contributed by atoms with van der Waals surface area (Å²) < 4.78 is 16.2. The number of aromatic nitrogens is 3. The van der Waals surface area contributed by atoms with Gasteiger partial charge in [0.15, 0.2) is 11.6 Å². The first-order valence-electron chi connectivity index (χ1n) is 43.0. The second-order valence-corrected chi connectivity index (χ2v) is 38.6. The third-order valence-corrected chi connectivity index (χ3v) is 25.4. The van der Waals surface area contributed by atoms with E-state index in [1.165, 1.54) is 94.3 Å². The van der Waals surface area contributed by atoms with Crippen LogP contribution in [0.5, 0.6) is 0 Å². The fraction of sp³-hybridized carbons (Fsp3) is 0.370. The van der Waals surface area contributed by atoms with Crippen LogP contribution in [0.1, 0.15) is 205 Å². The van der Waals surface area contributed by atoms with Crippen molar-refractivity contribution in [3.8, 4) is 31.3 Å². The summed E-state index contributed by atoms with van der Waals surface area (Å²) in [6.07, 6.45) is 15.6. The monoisotopic (exact) mass is 1740 g/mol. The molecule has 125 heavy (non-hydrogen) atoms. The van der Waals surface area contributed by atoms with Crippen molar-refractivity contribution in [1.82, 2.24) is 25.2 Å². The molecule has 3 aliphatic carbocycles. The van der Waals surface area contributed by atoms with Gasteiger partial charge in [0.1, 0.15) is 33.9 Å². The van der Waals surface area contributed by atoms with E-state index in [0.29, 0.717) is 65.0 Å². The number of carboxylic acids is 1. The van der Waals surface area contributed by atoms with Crippen LogP contribution in [0.2, 0.25) is 0 Å². The predicted molar refractivity (Wildman–Crippen MR) is 510 cm³/mol. The highest BCUT2D eigenvalue weighted by atomic mass is 32.1. The molecule has 652 valence electrons. The number of rotatable bonds is 18. The number of piperidine rings is 1. The van der Waals surface area contributed by atoms with Gasteiger partial charge >= 0.3 is 24.2 Å². The lowest BCUT2D eigenvalue weighted by atomic mass is 9.96. The number of benzene rings is 6. The number of nitrogens with one attached hydrogen (secondary N) is 3. The Morgan fingerprint density at radius 1 is 0.440 bits per heavy atom. The van der Waals surface area contributed by atoms with Crippen LogP contribution in [0, 0.1) is 0 Å². The van der Waals surface area contributed by atoms with E-state index in [-0.39, 0.29) is 43.6 Å². The second kappa shape index (κ2) is 38.8. The Morgan fingerprint density at radius 2 is 0.832 bits per heavy atom. The van der Waals surface area contributed by atoms with Crippen LogP contribution in [0.4, 0.5) is 54.2 Å². The van der Waals surface area contributed by atoms with Gasteiger partial charge in [0.25, 0.3) is 0 Å². The van der Waals surface area contributed by atoms with E-state index in [4.69, 9.17) is 30.7 Å². The molecule has 12 aromatic rings. The number of nitrogen functional groups attached to an aromatic ring is 2. The number of aromatic carboxylic acids is 1. The van der Waals surface area contributed by atoms with Crippen LogP contribution in [-0.2, 0) is 27.1 Å². The molecule has 6 aliphatic rings. The summed E-state index contributed by atoms with van der Waals surface area (Å²) in [5, 5.41) is 30.7. The summed E-state index contributed by atoms with van der Waals surface area (Å²) >= 11 is 4.96. The average molecular weight is 1740 g/mol. The third kappa shape index (κ3) is 22.9. The van der Waals surface area contributed by atoms with Gasteiger partial charge in [-0.25, -0.2) is 24.2 Å². The number of carbonyl (C=O) groups excluding carboxylic acids is 5. The Labute approximate surface area is 744 Å². The summed E-state index contributed by atoms with van der Waals surface area (Å²) in [6.45, 7) is 25.6. The van der Waals surface area contributed by atoms with E-state index >= 15 is 0 Å². The number of ether oxygens (including phenoxy) is 3. The zero-order valence-corrected chi connectivity index (χ0v) is 74.5. The molecule has 6 fully saturated rings.